The van der Waals surface area contributed by atoms with E-state index in [-0.39, 0.29) is 11.9 Å². The predicted octanol–water partition coefficient (Wildman–Crippen LogP) is 1.92. The molecule has 0 bridgehead atoms. The standard InChI is InChI=1S/C12H20O4/c1-11(9(13)15-3)6-5-7-12(2,8-11)10(14)16-4/h5-8H2,1-4H3/t11-,12+. The minimum Gasteiger partial charge on any atom is -0.469 e. The number of carbonyl (C=O) groups excluding carboxylic acids is 2. The van der Waals surface area contributed by atoms with Gasteiger partial charge in [0.15, 0.2) is 0 Å². The molecule has 0 aromatic rings. The highest BCUT2D eigenvalue weighted by Gasteiger charge is 2.48. The van der Waals surface area contributed by atoms with Crippen LogP contribution in [0.1, 0.15) is 39.5 Å². The van der Waals surface area contributed by atoms with E-state index in [4.69, 9.17) is 9.47 Å². The Morgan fingerprint density at radius 1 is 0.938 bits per heavy atom. The van der Waals surface area contributed by atoms with Gasteiger partial charge in [-0.25, -0.2) is 0 Å². The number of methoxy groups -OCH3 is 2. The quantitative estimate of drug-likeness (QED) is 0.677. The topological polar surface area (TPSA) is 52.6 Å². The highest BCUT2D eigenvalue weighted by Crippen LogP contribution is 2.47. The third-order valence-corrected chi connectivity index (χ3v) is 3.59. The number of hydrogen-bond acceptors (Lipinski definition) is 4. The Labute approximate surface area is 96.3 Å². The summed E-state index contributed by atoms with van der Waals surface area (Å²) in [6.07, 6.45) is 2.88. The van der Waals surface area contributed by atoms with Gasteiger partial charge in [-0.05, 0) is 33.1 Å². The van der Waals surface area contributed by atoms with Gasteiger partial charge >= 0.3 is 11.9 Å². The van der Waals surface area contributed by atoms with Gasteiger partial charge in [0.05, 0.1) is 25.0 Å². The zero-order chi connectivity index (χ0) is 12.4. The molecule has 0 aromatic heterocycles. The molecule has 16 heavy (non-hydrogen) atoms. The summed E-state index contributed by atoms with van der Waals surface area (Å²) in [4.78, 5) is 23.4. The number of ether oxygens (including phenoxy) is 2. The molecule has 1 aliphatic rings. The third-order valence-electron chi connectivity index (χ3n) is 3.59. The van der Waals surface area contributed by atoms with Crippen LogP contribution in [0.2, 0.25) is 0 Å². The average Bonchev–Trinajstić information content (AvgIpc) is 2.26. The molecule has 92 valence electrons. The molecule has 0 spiro atoms. The number of esters is 2. The first kappa shape index (κ1) is 13.0. The zero-order valence-corrected chi connectivity index (χ0v) is 10.5. The molecule has 0 radical (unpaired) electrons. The van der Waals surface area contributed by atoms with Crippen molar-refractivity contribution in [2.24, 2.45) is 10.8 Å². The lowest BCUT2D eigenvalue weighted by Gasteiger charge is -2.40. The van der Waals surface area contributed by atoms with E-state index in [2.05, 4.69) is 0 Å². The lowest BCUT2D eigenvalue weighted by molar-refractivity contribution is -0.164. The van der Waals surface area contributed by atoms with Gasteiger partial charge < -0.3 is 9.47 Å². The molecule has 0 N–H and O–H groups in total. The van der Waals surface area contributed by atoms with Gasteiger partial charge in [-0.3, -0.25) is 9.59 Å². The van der Waals surface area contributed by atoms with Crippen LogP contribution in [0.15, 0.2) is 0 Å². The summed E-state index contributed by atoms with van der Waals surface area (Å²) in [5.74, 6) is -0.468. The Balaban J connectivity index is 2.88. The lowest BCUT2D eigenvalue weighted by Crippen LogP contribution is -2.43. The normalized spacial score (nSPS) is 34.2. The average molecular weight is 228 g/mol. The van der Waals surface area contributed by atoms with Gasteiger partial charge in [0.1, 0.15) is 0 Å². The van der Waals surface area contributed by atoms with Crippen molar-refractivity contribution in [2.45, 2.75) is 39.5 Å². The molecule has 1 rings (SSSR count). The molecule has 1 fully saturated rings. The van der Waals surface area contributed by atoms with E-state index in [1.807, 2.05) is 13.8 Å². The van der Waals surface area contributed by atoms with Crippen LogP contribution in [0.25, 0.3) is 0 Å². The van der Waals surface area contributed by atoms with Gasteiger partial charge in [-0.15, -0.1) is 0 Å². The largest absolute Gasteiger partial charge is 0.469 e. The van der Waals surface area contributed by atoms with E-state index in [9.17, 15) is 9.59 Å². The maximum absolute atomic E-state index is 11.7. The highest BCUT2D eigenvalue weighted by atomic mass is 16.5. The second-order valence-corrected chi connectivity index (χ2v) is 5.13. The van der Waals surface area contributed by atoms with Crippen LogP contribution in [-0.2, 0) is 19.1 Å². The summed E-state index contributed by atoms with van der Waals surface area (Å²) in [7, 11) is 2.77. The monoisotopic (exact) mass is 228 g/mol. The summed E-state index contributed by atoms with van der Waals surface area (Å²) in [5, 5.41) is 0. The van der Waals surface area contributed by atoms with Crippen molar-refractivity contribution >= 4 is 11.9 Å². The Bertz CT molecular complexity index is 271. The molecular formula is C12H20O4. The molecule has 1 saturated carbocycles. The number of rotatable bonds is 2. The van der Waals surface area contributed by atoms with Crippen LogP contribution in [-0.4, -0.2) is 26.2 Å². The molecule has 4 heteroatoms. The molecule has 2 atom stereocenters. The van der Waals surface area contributed by atoms with Gasteiger partial charge in [-0.1, -0.05) is 6.42 Å². The smallest absolute Gasteiger partial charge is 0.311 e. The van der Waals surface area contributed by atoms with Crippen LogP contribution in [0.3, 0.4) is 0 Å². The van der Waals surface area contributed by atoms with Gasteiger partial charge in [-0.2, -0.15) is 0 Å². The summed E-state index contributed by atoms with van der Waals surface area (Å²) in [5.41, 5.74) is -1.12. The Morgan fingerprint density at radius 2 is 1.31 bits per heavy atom. The second kappa shape index (κ2) is 4.44. The minimum absolute atomic E-state index is 0.234. The molecule has 0 heterocycles. The van der Waals surface area contributed by atoms with Gasteiger partial charge in [0.2, 0.25) is 0 Å². The third kappa shape index (κ3) is 2.20. The van der Waals surface area contributed by atoms with Crippen molar-refractivity contribution in [1.82, 2.24) is 0 Å². The molecule has 0 saturated heterocycles. The van der Waals surface area contributed by atoms with E-state index >= 15 is 0 Å². The van der Waals surface area contributed by atoms with E-state index in [1.165, 1.54) is 14.2 Å². The van der Waals surface area contributed by atoms with Crippen molar-refractivity contribution in [3.63, 3.8) is 0 Å². The van der Waals surface area contributed by atoms with Gasteiger partial charge in [0.25, 0.3) is 0 Å². The lowest BCUT2D eigenvalue weighted by atomic mass is 9.63. The summed E-state index contributed by atoms with van der Waals surface area (Å²) in [6.45, 7) is 3.72. The molecule has 0 amide bonds. The van der Waals surface area contributed by atoms with Crippen LogP contribution in [0.4, 0.5) is 0 Å². The van der Waals surface area contributed by atoms with Crippen molar-refractivity contribution < 1.29 is 19.1 Å². The number of hydrogen-bond donors (Lipinski definition) is 0. The van der Waals surface area contributed by atoms with Gasteiger partial charge in [0, 0.05) is 0 Å². The predicted molar refractivity (Wildman–Crippen MR) is 58.7 cm³/mol. The van der Waals surface area contributed by atoms with Crippen LogP contribution in [0, 0.1) is 10.8 Å². The number of carbonyl (C=O) groups is 2. The Hall–Kier alpha value is -1.06. The maximum Gasteiger partial charge on any atom is 0.311 e. The molecule has 0 aliphatic heterocycles. The van der Waals surface area contributed by atoms with E-state index in [0.29, 0.717) is 6.42 Å². The molecular weight excluding hydrogens is 208 g/mol. The summed E-state index contributed by atoms with van der Waals surface area (Å²) >= 11 is 0. The van der Waals surface area contributed by atoms with E-state index in [1.54, 1.807) is 0 Å². The molecule has 1 aliphatic carbocycles. The maximum atomic E-state index is 11.7. The zero-order valence-electron chi connectivity index (χ0n) is 10.5. The molecule has 4 nitrogen and oxygen atoms in total. The summed E-state index contributed by atoms with van der Waals surface area (Å²) < 4.78 is 9.62. The van der Waals surface area contributed by atoms with Crippen LogP contribution < -0.4 is 0 Å². The fourth-order valence-corrected chi connectivity index (χ4v) is 2.75. The van der Waals surface area contributed by atoms with Crippen LogP contribution >= 0.6 is 0 Å². The SMILES string of the molecule is COC(=O)[C@@]1(C)CCC[C@@](C)(C(=O)OC)C1. The highest BCUT2D eigenvalue weighted by molar-refractivity contribution is 5.81. The summed E-state index contributed by atoms with van der Waals surface area (Å²) in [6, 6.07) is 0. The van der Waals surface area contributed by atoms with Crippen LogP contribution in [0.5, 0.6) is 0 Å². The van der Waals surface area contributed by atoms with Crippen molar-refractivity contribution in [3.8, 4) is 0 Å². The molecule has 0 aromatic carbocycles. The fraction of sp³-hybridized carbons (Fsp3) is 0.833. The van der Waals surface area contributed by atoms with Crippen molar-refractivity contribution in [1.29, 1.82) is 0 Å². The first-order valence-corrected chi connectivity index (χ1v) is 5.55. The first-order valence-electron chi connectivity index (χ1n) is 5.55. The minimum atomic E-state index is -0.560. The van der Waals surface area contributed by atoms with E-state index < -0.39 is 10.8 Å². The Kier molecular flexibility index (Phi) is 3.61. The van der Waals surface area contributed by atoms with Crippen molar-refractivity contribution in [2.75, 3.05) is 14.2 Å². The van der Waals surface area contributed by atoms with Crippen molar-refractivity contribution in [3.05, 3.63) is 0 Å². The second-order valence-electron chi connectivity index (χ2n) is 5.13. The van der Waals surface area contributed by atoms with E-state index in [0.717, 1.165) is 19.3 Å². The first-order chi connectivity index (χ1) is 7.38. The Morgan fingerprint density at radius 3 is 1.62 bits per heavy atom. The molecule has 0 unspecified atom stereocenters. The fourth-order valence-electron chi connectivity index (χ4n) is 2.75.